The predicted molar refractivity (Wildman–Crippen MR) is 88.7 cm³/mol. The van der Waals surface area contributed by atoms with E-state index in [1.807, 2.05) is 19.1 Å². The third kappa shape index (κ3) is 5.16. The molecule has 1 aromatic rings. The van der Waals surface area contributed by atoms with E-state index in [0.29, 0.717) is 23.8 Å². The Balaban J connectivity index is 1.76. The number of carbonyl (C=O) groups excluding carboxylic acids is 1. The van der Waals surface area contributed by atoms with Gasteiger partial charge in [0.2, 0.25) is 5.91 Å². The van der Waals surface area contributed by atoms with Crippen LogP contribution in [0.1, 0.15) is 37.7 Å². The Morgan fingerprint density at radius 1 is 1.38 bits per heavy atom. The Hall–Kier alpha value is -1.36. The van der Waals surface area contributed by atoms with Crippen molar-refractivity contribution in [1.82, 2.24) is 0 Å². The van der Waals surface area contributed by atoms with Gasteiger partial charge in [-0.3, -0.25) is 9.00 Å². The zero-order chi connectivity index (χ0) is 15.2. The molecule has 0 aromatic heterocycles. The molecule has 0 spiro atoms. The largest absolute Gasteiger partial charge is 0.399 e. The second-order valence-electron chi connectivity index (χ2n) is 5.83. The molecule has 4 nitrogen and oxygen atoms in total. The van der Waals surface area contributed by atoms with Gasteiger partial charge in [0, 0.05) is 40.1 Å². The number of benzene rings is 1. The zero-order valence-electron chi connectivity index (χ0n) is 12.6. The number of rotatable bonds is 6. The van der Waals surface area contributed by atoms with Crippen molar-refractivity contribution in [2.45, 2.75) is 39.0 Å². The van der Waals surface area contributed by atoms with Crippen LogP contribution in [0.25, 0.3) is 0 Å². The Bertz CT molecular complexity index is 525. The van der Waals surface area contributed by atoms with Gasteiger partial charge in [-0.2, -0.15) is 0 Å². The molecule has 116 valence electrons. The van der Waals surface area contributed by atoms with Crippen LogP contribution in [0.2, 0.25) is 0 Å². The quantitative estimate of drug-likeness (QED) is 0.794. The van der Waals surface area contributed by atoms with E-state index in [1.54, 1.807) is 6.07 Å². The maximum Gasteiger partial charge on any atom is 0.225 e. The van der Waals surface area contributed by atoms with E-state index in [1.165, 1.54) is 25.7 Å². The zero-order valence-corrected chi connectivity index (χ0v) is 13.4. The molecule has 1 atom stereocenters. The molecule has 3 N–H and O–H groups in total. The number of hydrogen-bond acceptors (Lipinski definition) is 3. The molecule has 5 heteroatoms. The lowest BCUT2D eigenvalue weighted by atomic mass is 10.1. The second-order valence-corrected chi connectivity index (χ2v) is 7.45. The molecular formula is C16H24N2O2S. The van der Waals surface area contributed by atoms with Crippen molar-refractivity contribution in [3.63, 3.8) is 0 Å². The topological polar surface area (TPSA) is 72.2 Å². The van der Waals surface area contributed by atoms with Crippen molar-refractivity contribution < 1.29 is 9.00 Å². The summed E-state index contributed by atoms with van der Waals surface area (Å²) in [7, 11) is -0.884. The molecule has 21 heavy (non-hydrogen) atoms. The highest BCUT2D eigenvalue weighted by Crippen LogP contribution is 2.25. The van der Waals surface area contributed by atoms with Crippen molar-refractivity contribution in [3.05, 3.63) is 23.8 Å². The van der Waals surface area contributed by atoms with Crippen molar-refractivity contribution >= 4 is 28.1 Å². The molecule has 1 unspecified atom stereocenters. The average molecular weight is 308 g/mol. The minimum atomic E-state index is -0.884. The lowest BCUT2D eigenvalue weighted by molar-refractivity contribution is -0.115. The van der Waals surface area contributed by atoms with Crippen molar-refractivity contribution in [2.24, 2.45) is 5.92 Å². The summed E-state index contributed by atoms with van der Waals surface area (Å²) in [5, 5.41) is 2.85. The molecule has 1 fully saturated rings. The van der Waals surface area contributed by atoms with Gasteiger partial charge in [-0.05, 0) is 43.4 Å². The Labute approximate surface area is 129 Å². The van der Waals surface area contributed by atoms with Gasteiger partial charge in [-0.15, -0.1) is 0 Å². The van der Waals surface area contributed by atoms with Crippen LogP contribution in [0.4, 0.5) is 11.4 Å². The summed E-state index contributed by atoms with van der Waals surface area (Å²) in [6.07, 6.45) is 5.21. The molecule has 0 heterocycles. The number of amides is 1. The molecular weight excluding hydrogens is 284 g/mol. The van der Waals surface area contributed by atoms with Crippen LogP contribution in [0, 0.1) is 12.8 Å². The van der Waals surface area contributed by atoms with Crippen LogP contribution in [0.3, 0.4) is 0 Å². The first-order valence-electron chi connectivity index (χ1n) is 7.55. The Kier molecular flexibility index (Phi) is 5.79. The van der Waals surface area contributed by atoms with Gasteiger partial charge in [-0.25, -0.2) is 0 Å². The van der Waals surface area contributed by atoms with E-state index >= 15 is 0 Å². The number of aryl methyl sites for hydroxylation is 1. The van der Waals surface area contributed by atoms with Gasteiger partial charge in [0.05, 0.1) is 0 Å². The third-order valence-corrected chi connectivity index (χ3v) is 5.49. The molecule has 0 bridgehead atoms. The fourth-order valence-corrected chi connectivity index (χ4v) is 4.16. The molecule has 0 radical (unpaired) electrons. The lowest BCUT2D eigenvalue weighted by Crippen LogP contribution is -2.18. The van der Waals surface area contributed by atoms with Crippen LogP contribution in [0.5, 0.6) is 0 Å². The highest BCUT2D eigenvalue weighted by atomic mass is 32.2. The standard InChI is InChI=1S/C16H24N2O2S/c1-12-6-7-14(17)10-15(12)18-16(19)8-9-21(20)11-13-4-2-3-5-13/h6-7,10,13H,2-5,8-9,11,17H2,1H3,(H,18,19). The van der Waals surface area contributed by atoms with Gasteiger partial charge >= 0.3 is 0 Å². The van der Waals surface area contributed by atoms with Crippen molar-refractivity contribution in [1.29, 1.82) is 0 Å². The number of hydrogen-bond donors (Lipinski definition) is 2. The molecule has 1 aliphatic rings. The summed E-state index contributed by atoms with van der Waals surface area (Å²) in [5.74, 6) is 1.71. The first-order chi connectivity index (χ1) is 10.0. The Morgan fingerprint density at radius 2 is 2.10 bits per heavy atom. The summed E-state index contributed by atoms with van der Waals surface area (Å²) in [6.45, 7) is 1.92. The molecule has 1 aromatic carbocycles. The first-order valence-corrected chi connectivity index (χ1v) is 9.04. The van der Waals surface area contributed by atoms with Crippen molar-refractivity contribution in [2.75, 3.05) is 22.6 Å². The number of nitrogens with two attached hydrogens (primary N) is 1. The highest BCUT2D eigenvalue weighted by Gasteiger charge is 2.18. The number of carbonyl (C=O) groups is 1. The van der Waals surface area contributed by atoms with Crippen molar-refractivity contribution in [3.8, 4) is 0 Å². The van der Waals surface area contributed by atoms with Gasteiger partial charge in [-0.1, -0.05) is 18.9 Å². The lowest BCUT2D eigenvalue weighted by Gasteiger charge is -2.10. The van der Waals surface area contributed by atoms with Gasteiger partial charge in [0.15, 0.2) is 0 Å². The fraction of sp³-hybridized carbons (Fsp3) is 0.562. The summed E-state index contributed by atoms with van der Waals surface area (Å²) >= 11 is 0. The van der Waals surface area contributed by atoms with E-state index in [0.717, 1.165) is 17.0 Å². The molecule has 1 amide bonds. The molecule has 1 aliphatic carbocycles. The molecule has 0 aliphatic heterocycles. The predicted octanol–water partition coefficient (Wildman–Crippen LogP) is 2.84. The maximum atomic E-state index is 12.0. The SMILES string of the molecule is Cc1ccc(N)cc1NC(=O)CCS(=O)CC1CCCC1. The highest BCUT2D eigenvalue weighted by molar-refractivity contribution is 7.85. The normalized spacial score (nSPS) is 16.8. The number of nitrogens with one attached hydrogen (secondary N) is 1. The van der Waals surface area contributed by atoms with Gasteiger partial charge in [0.25, 0.3) is 0 Å². The molecule has 0 saturated heterocycles. The van der Waals surface area contributed by atoms with Gasteiger partial charge in [0.1, 0.15) is 0 Å². The molecule has 2 rings (SSSR count). The monoisotopic (exact) mass is 308 g/mol. The third-order valence-electron chi connectivity index (χ3n) is 3.99. The average Bonchev–Trinajstić information content (AvgIpc) is 2.93. The fourth-order valence-electron chi connectivity index (χ4n) is 2.72. The van der Waals surface area contributed by atoms with E-state index < -0.39 is 10.8 Å². The minimum absolute atomic E-state index is 0.0940. The van der Waals surface area contributed by atoms with E-state index in [-0.39, 0.29) is 5.91 Å². The second kappa shape index (κ2) is 7.59. The minimum Gasteiger partial charge on any atom is -0.399 e. The van der Waals surface area contributed by atoms with Crippen LogP contribution in [-0.4, -0.2) is 21.6 Å². The summed E-state index contributed by atoms with van der Waals surface area (Å²) in [5.41, 5.74) is 8.06. The maximum absolute atomic E-state index is 12.0. The van der Waals surface area contributed by atoms with Crippen LogP contribution < -0.4 is 11.1 Å². The number of anilines is 2. The summed E-state index contributed by atoms with van der Waals surface area (Å²) in [4.78, 5) is 11.9. The summed E-state index contributed by atoms with van der Waals surface area (Å²) in [6, 6.07) is 5.44. The molecule has 1 saturated carbocycles. The van der Waals surface area contributed by atoms with E-state index in [2.05, 4.69) is 5.32 Å². The first kappa shape index (κ1) is 16.0. The van der Waals surface area contributed by atoms with E-state index in [9.17, 15) is 9.00 Å². The van der Waals surface area contributed by atoms with Crippen LogP contribution in [-0.2, 0) is 15.6 Å². The number of nitrogen functional groups attached to an aromatic ring is 1. The van der Waals surface area contributed by atoms with Crippen LogP contribution >= 0.6 is 0 Å². The van der Waals surface area contributed by atoms with Crippen LogP contribution in [0.15, 0.2) is 18.2 Å². The van der Waals surface area contributed by atoms with Gasteiger partial charge < -0.3 is 11.1 Å². The smallest absolute Gasteiger partial charge is 0.225 e. The Morgan fingerprint density at radius 3 is 2.81 bits per heavy atom. The summed E-state index contributed by atoms with van der Waals surface area (Å²) < 4.78 is 12.0. The van der Waals surface area contributed by atoms with E-state index in [4.69, 9.17) is 5.73 Å².